The minimum atomic E-state index is 0.366. The molecule has 0 aliphatic carbocycles. The molecule has 0 saturated carbocycles. The largest absolute Gasteiger partial charge is 0.296 e. The maximum Gasteiger partial charge on any atom is 0.0576 e. The zero-order valence-electron chi connectivity index (χ0n) is 9.30. The summed E-state index contributed by atoms with van der Waals surface area (Å²) in [5.74, 6) is 1.02. The zero-order valence-corrected chi connectivity index (χ0v) is 9.30. The fraction of sp³-hybridized carbons (Fsp3) is 0.500. The van der Waals surface area contributed by atoms with Gasteiger partial charge in [0, 0.05) is 25.5 Å². The quantitative estimate of drug-likeness (QED) is 0.752. The van der Waals surface area contributed by atoms with Gasteiger partial charge in [0.05, 0.1) is 11.6 Å². The van der Waals surface area contributed by atoms with Crippen LogP contribution in [0.15, 0.2) is 29.5 Å². The number of hydrogen-bond donors (Lipinski definition) is 0. The molecule has 2 heterocycles. The van der Waals surface area contributed by atoms with E-state index in [1.54, 1.807) is 0 Å². The van der Waals surface area contributed by atoms with Crippen LogP contribution in [0.2, 0.25) is 0 Å². The molecule has 80 valence electrons. The first-order valence-corrected chi connectivity index (χ1v) is 5.45. The number of hydrazone groups is 1. The molecule has 3 nitrogen and oxygen atoms in total. The monoisotopic (exact) mass is 203 g/mol. The molecule has 0 aromatic carbocycles. The zero-order chi connectivity index (χ0) is 10.7. The molecule has 0 bridgehead atoms. The molecule has 1 aliphatic rings. The normalized spacial score (nSPS) is 20.2. The Kier molecular flexibility index (Phi) is 2.99. The van der Waals surface area contributed by atoms with Gasteiger partial charge in [-0.05, 0) is 18.1 Å². The van der Waals surface area contributed by atoms with Crippen molar-refractivity contribution in [2.24, 2.45) is 11.0 Å². The number of nitrogens with zero attached hydrogens (tertiary/aromatic N) is 3. The predicted molar refractivity (Wildman–Crippen MR) is 61.9 cm³/mol. The second kappa shape index (κ2) is 4.43. The Morgan fingerprint density at radius 1 is 1.47 bits per heavy atom. The predicted octanol–water partition coefficient (Wildman–Crippen LogP) is 2.12. The van der Waals surface area contributed by atoms with Crippen molar-refractivity contribution in [3.8, 4) is 0 Å². The van der Waals surface area contributed by atoms with E-state index in [0.29, 0.717) is 11.8 Å². The smallest absolute Gasteiger partial charge is 0.0576 e. The van der Waals surface area contributed by atoms with Crippen molar-refractivity contribution in [2.75, 3.05) is 13.1 Å². The summed E-state index contributed by atoms with van der Waals surface area (Å²) in [5.41, 5.74) is 1.12. The highest BCUT2D eigenvalue weighted by Crippen LogP contribution is 2.18. The van der Waals surface area contributed by atoms with E-state index in [4.69, 9.17) is 0 Å². The molecular formula is C12H17N3. The van der Waals surface area contributed by atoms with Crippen LogP contribution >= 0.6 is 0 Å². The summed E-state index contributed by atoms with van der Waals surface area (Å²) in [5, 5.41) is 6.53. The van der Waals surface area contributed by atoms with Crippen molar-refractivity contribution >= 4 is 6.21 Å². The molecule has 1 atom stereocenters. The van der Waals surface area contributed by atoms with Crippen LogP contribution in [-0.2, 0) is 0 Å². The highest BCUT2D eigenvalue weighted by Gasteiger charge is 2.20. The average Bonchev–Trinajstić information content (AvgIpc) is 2.67. The van der Waals surface area contributed by atoms with Crippen molar-refractivity contribution < 1.29 is 0 Å². The number of pyridine rings is 1. The summed E-state index contributed by atoms with van der Waals surface area (Å²) >= 11 is 0. The van der Waals surface area contributed by atoms with E-state index in [2.05, 4.69) is 35.0 Å². The fourth-order valence-electron chi connectivity index (χ4n) is 1.80. The van der Waals surface area contributed by atoms with E-state index in [0.717, 1.165) is 18.8 Å². The molecule has 1 aromatic rings. The van der Waals surface area contributed by atoms with Crippen LogP contribution in [-0.4, -0.2) is 29.3 Å². The van der Waals surface area contributed by atoms with Crippen LogP contribution in [0.25, 0.3) is 0 Å². The van der Waals surface area contributed by atoms with E-state index < -0.39 is 0 Å². The molecule has 0 spiro atoms. The van der Waals surface area contributed by atoms with Gasteiger partial charge in [-0.1, -0.05) is 19.9 Å². The van der Waals surface area contributed by atoms with E-state index in [1.807, 2.05) is 24.5 Å². The second-order valence-electron chi connectivity index (χ2n) is 4.39. The number of aromatic nitrogens is 1. The fourth-order valence-corrected chi connectivity index (χ4v) is 1.80. The van der Waals surface area contributed by atoms with Gasteiger partial charge in [0.25, 0.3) is 0 Å². The van der Waals surface area contributed by atoms with Crippen LogP contribution < -0.4 is 0 Å². The molecule has 0 amide bonds. The summed E-state index contributed by atoms with van der Waals surface area (Å²) < 4.78 is 0. The lowest BCUT2D eigenvalue weighted by Gasteiger charge is -2.17. The van der Waals surface area contributed by atoms with Crippen molar-refractivity contribution in [1.82, 2.24) is 9.99 Å². The Morgan fingerprint density at radius 3 is 3.00 bits per heavy atom. The summed E-state index contributed by atoms with van der Waals surface area (Å²) in [7, 11) is 0. The van der Waals surface area contributed by atoms with Crippen LogP contribution in [0.5, 0.6) is 0 Å². The molecule has 3 heteroatoms. The lowest BCUT2D eigenvalue weighted by atomic mass is 10.1. The van der Waals surface area contributed by atoms with Gasteiger partial charge in [-0.3, -0.25) is 9.99 Å². The highest BCUT2D eigenvalue weighted by atomic mass is 15.5. The van der Waals surface area contributed by atoms with Crippen LogP contribution in [0.1, 0.15) is 25.5 Å². The average molecular weight is 203 g/mol. The molecule has 0 radical (unpaired) electrons. The standard InChI is InChI=1S/C12H17N3/c1-10(2)8-15-9-11(7-14-15)12-5-3-4-6-13-12/h3-7,10-11H,8-9H2,1-2H3. The van der Waals surface area contributed by atoms with Crippen molar-refractivity contribution in [3.63, 3.8) is 0 Å². The molecule has 1 unspecified atom stereocenters. The Hall–Kier alpha value is -1.38. The first-order valence-electron chi connectivity index (χ1n) is 5.45. The van der Waals surface area contributed by atoms with Crippen LogP contribution in [0, 0.1) is 5.92 Å². The number of rotatable bonds is 3. The van der Waals surface area contributed by atoms with Crippen molar-refractivity contribution in [2.45, 2.75) is 19.8 Å². The van der Waals surface area contributed by atoms with Gasteiger partial charge < -0.3 is 0 Å². The van der Waals surface area contributed by atoms with E-state index in [1.165, 1.54) is 0 Å². The van der Waals surface area contributed by atoms with Crippen LogP contribution in [0.3, 0.4) is 0 Å². The number of hydrogen-bond acceptors (Lipinski definition) is 3. The van der Waals surface area contributed by atoms with E-state index in [9.17, 15) is 0 Å². The third-order valence-corrected chi connectivity index (χ3v) is 2.46. The Labute approximate surface area is 90.8 Å². The van der Waals surface area contributed by atoms with Crippen LogP contribution in [0.4, 0.5) is 0 Å². The first-order chi connectivity index (χ1) is 7.25. The lowest BCUT2D eigenvalue weighted by Crippen LogP contribution is -2.22. The first kappa shape index (κ1) is 10.1. The topological polar surface area (TPSA) is 28.5 Å². The minimum Gasteiger partial charge on any atom is -0.296 e. The third kappa shape index (κ3) is 2.55. The SMILES string of the molecule is CC(C)CN1CC(c2ccccn2)C=N1. The molecule has 0 saturated heterocycles. The maximum absolute atomic E-state index is 4.40. The highest BCUT2D eigenvalue weighted by molar-refractivity contribution is 5.68. The molecule has 0 N–H and O–H groups in total. The van der Waals surface area contributed by atoms with Gasteiger partial charge in [-0.2, -0.15) is 5.10 Å². The van der Waals surface area contributed by atoms with E-state index in [-0.39, 0.29) is 0 Å². The summed E-state index contributed by atoms with van der Waals surface area (Å²) in [4.78, 5) is 4.36. The molecule has 0 fully saturated rings. The van der Waals surface area contributed by atoms with Gasteiger partial charge in [-0.15, -0.1) is 0 Å². The maximum atomic E-state index is 4.40. The molecule has 2 rings (SSSR count). The van der Waals surface area contributed by atoms with Crippen molar-refractivity contribution in [3.05, 3.63) is 30.1 Å². The van der Waals surface area contributed by atoms with Gasteiger partial charge in [0.2, 0.25) is 0 Å². The van der Waals surface area contributed by atoms with Gasteiger partial charge in [0.15, 0.2) is 0 Å². The van der Waals surface area contributed by atoms with E-state index >= 15 is 0 Å². The van der Waals surface area contributed by atoms with Gasteiger partial charge >= 0.3 is 0 Å². The lowest BCUT2D eigenvalue weighted by molar-refractivity contribution is 0.273. The second-order valence-corrected chi connectivity index (χ2v) is 4.39. The summed E-state index contributed by atoms with van der Waals surface area (Å²) in [6.45, 7) is 6.42. The van der Waals surface area contributed by atoms with Gasteiger partial charge in [-0.25, -0.2) is 0 Å². The molecule has 1 aliphatic heterocycles. The third-order valence-electron chi connectivity index (χ3n) is 2.46. The molecule has 1 aromatic heterocycles. The summed E-state index contributed by atoms with van der Waals surface area (Å²) in [6, 6.07) is 6.04. The Bertz CT molecular complexity index is 332. The Morgan fingerprint density at radius 2 is 2.33 bits per heavy atom. The molecule has 15 heavy (non-hydrogen) atoms. The minimum absolute atomic E-state index is 0.366. The molecular weight excluding hydrogens is 186 g/mol. The Balaban J connectivity index is 1.97. The van der Waals surface area contributed by atoms with Crippen molar-refractivity contribution in [1.29, 1.82) is 0 Å². The summed E-state index contributed by atoms with van der Waals surface area (Å²) in [6.07, 6.45) is 3.85. The van der Waals surface area contributed by atoms with Gasteiger partial charge in [0.1, 0.15) is 0 Å².